The highest BCUT2D eigenvalue weighted by Crippen LogP contribution is 2.28. The molecule has 1 N–H and O–H groups in total. The molecule has 0 saturated heterocycles. The molecular formula is C11H14N2O5. The van der Waals surface area contributed by atoms with Crippen molar-refractivity contribution in [3.63, 3.8) is 0 Å². The number of hydrogen-bond acceptors (Lipinski definition) is 5. The summed E-state index contributed by atoms with van der Waals surface area (Å²) in [5.74, 6) is -0.545. The first-order valence-corrected chi connectivity index (χ1v) is 5.44. The Morgan fingerprint density at radius 2 is 2.11 bits per heavy atom. The van der Waals surface area contributed by atoms with Crippen LogP contribution in [0.2, 0.25) is 0 Å². The van der Waals surface area contributed by atoms with Crippen molar-refractivity contribution < 1.29 is 19.3 Å². The van der Waals surface area contributed by atoms with E-state index in [4.69, 9.17) is 9.57 Å². The number of amides is 1. The highest BCUT2D eigenvalue weighted by atomic mass is 16.7. The number of nitrogens with one attached hydrogen (secondary N) is 1. The predicted molar refractivity (Wildman–Crippen MR) is 63.4 cm³/mol. The highest BCUT2D eigenvalue weighted by molar-refractivity contribution is 6.00. The van der Waals surface area contributed by atoms with Gasteiger partial charge >= 0.3 is 0 Å². The fourth-order valence-corrected chi connectivity index (χ4v) is 1.36. The van der Waals surface area contributed by atoms with Crippen molar-refractivity contribution in [1.29, 1.82) is 0 Å². The van der Waals surface area contributed by atoms with Gasteiger partial charge in [-0.05, 0) is 19.9 Å². The van der Waals surface area contributed by atoms with Gasteiger partial charge in [0.15, 0.2) is 5.56 Å². The van der Waals surface area contributed by atoms with Crippen LogP contribution in [0.1, 0.15) is 24.2 Å². The van der Waals surface area contributed by atoms with Gasteiger partial charge in [0.2, 0.25) is 0 Å². The second-order valence-electron chi connectivity index (χ2n) is 3.20. The van der Waals surface area contributed by atoms with E-state index in [-0.39, 0.29) is 23.6 Å². The van der Waals surface area contributed by atoms with Crippen molar-refractivity contribution in [3.8, 4) is 5.75 Å². The summed E-state index contributed by atoms with van der Waals surface area (Å²) in [6.07, 6.45) is 0. The molecule has 18 heavy (non-hydrogen) atoms. The van der Waals surface area contributed by atoms with Crippen molar-refractivity contribution in [3.05, 3.63) is 33.9 Å². The van der Waals surface area contributed by atoms with Crippen LogP contribution in [-0.4, -0.2) is 24.0 Å². The van der Waals surface area contributed by atoms with Crippen LogP contribution < -0.4 is 10.2 Å². The van der Waals surface area contributed by atoms with Crippen LogP contribution in [-0.2, 0) is 4.84 Å². The van der Waals surface area contributed by atoms with E-state index in [1.807, 2.05) is 0 Å². The van der Waals surface area contributed by atoms with Gasteiger partial charge in [0, 0.05) is 6.07 Å². The first-order valence-electron chi connectivity index (χ1n) is 5.44. The summed E-state index contributed by atoms with van der Waals surface area (Å²) in [6, 6.07) is 4.20. The zero-order valence-electron chi connectivity index (χ0n) is 10.1. The van der Waals surface area contributed by atoms with E-state index >= 15 is 0 Å². The third-order valence-corrected chi connectivity index (χ3v) is 2.04. The minimum Gasteiger partial charge on any atom is -0.493 e. The number of benzene rings is 1. The number of hydrogen-bond donors (Lipinski definition) is 1. The van der Waals surface area contributed by atoms with Gasteiger partial charge in [-0.25, -0.2) is 5.48 Å². The van der Waals surface area contributed by atoms with Gasteiger partial charge in [-0.15, -0.1) is 0 Å². The Bertz CT molecular complexity index is 447. The molecule has 0 aliphatic rings. The van der Waals surface area contributed by atoms with E-state index in [1.54, 1.807) is 13.8 Å². The smallest absolute Gasteiger partial charge is 0.286 e. The van der Waals surface area contributed by atoms with Gasteiger partial charge in [0.1, 0.15) is 5.75 Å². The van der Waals surface area contributed by atoms with Crippen LogP contribution in [0.15, 0.2) is 18.2 Å². The van der Waals surface area contributed by atoms with Crippen molar-refractivity contribution in [2.75, 3.05) is 13.2 Å². The second-order valence-corrected chi connectivity index (χ2v) is 3.20. The molecule has 0 radical (unpaired) electrons. The van der Waals surface area contributed by atoms with Crippen LogP contribution in [0.5, 0.6) is 5.75 Å². The van der Waals surface area contributed by atoms with Crippen molar-refractivity contribution in [2.45, 2.75) is 13.8 Å². The minimum atomic E-state index is -0.701. The molecule has 0 aliphatic carbocycles. The fraction of sp³-hybridized carbons (Fsp3) is 0.364. The standard InChI is InChI=1S/C11H14N2O5/c1-3-17-9-7-5-6-8(13(15)16)10(9)11(14)12-18-4-2/h5-7H,3-4H2,1-2H3,(H,12,14). The van der Waals surface area contributed by atoms with Gasteiger partial charge < -0.3 is 4.74 Å². The van der Waals surface area contributed by atoms with Crippen molar-refractivity contribution in [1.82, 2.24) is 5.48 Å². The Labute approximate surface area is 104 Å². The third kappa shape index (κ3) is 3.17. The van der Waals surface area contributed by atoms with Gasteiger partial charge in [-0.2, -0.15) is 0 Å². The molecule has 0 atom stereocenters. The number of rotatable bonds is 6. The van der Waals surface area contributed by atoms with Gasteiger partial charge in [-0.3, -0.25) is 19.7 Å². The van der Waals surface area contributed by atoms with E-state index in [0.717, 1.165) is 0 Å². The average Bonchev–Trinajstić information content (AvgIpc) is 2.36. The molecule has 0 unspecified atom stereocenters. The van der Waals surface area contributed by atoms with E-state index in [0.29, 0.717) is 6.61 Å². The maximum Gasteiger partial charge on any atom is 0.286 e. The number of nitrogens with zero attached hydrogens (tertiary/aromatic N) is 1. The molecule has 98 valence electrons. The van der Waals surface area contributed by atoms with Crippen molar-refractivity contribution >= 4 is 11.6 Å². The quantitative estimate of drug-likeness (QED) is 0.616. The van der Waals surface area contributed by atoms with E-state index in [9.17, 15) is 14.9 Å². The molecule has 0 aliphatic heterocycles. The number of carbonyl (C=O) groups excluding carboxylic acids is 1. The summed E-state index contributed by atoms with van der Waals surface area (Å²) in [4.78, 5) is 26.8. The predicted octanol–water partition coefficient (Wildman–Crippen LogP) is 1.67. The molecule has 1 aromatic rings. The Balaban J connectivity index is 3.17. The fourth-order valence-electron chi connectivity index (χ4n) is 1.36. The number of hydroxylamine groups is 1. The Kier molecular flexibility index (Phi) is 5.06. The average molecular weight is 254 g/mol. The number of ether oxygens (including phenoxy) is 1. The lowest BCUT2D eigenvalue weighted by Crippen LogP contribution is -2.25. The Morgan fingerprint density at radius 1 is 1.39 bits per heavy atom. The summed E-state index contributed by atoms with van der Waals surface area (Å²) >= 11 is 0. The molecule has 1 amide bonds. The van der Waals surface area contributed by atoms with Gasteiger partial charge in [-0.1, -0.05) is 6.07 Å². The molecular weight excluding hydrogens is 240 g/mol. The molecule has 1 rings (SSSR count). The summed E-state index contributed by atoms with van der Waals surface area (Å²) in [7, 11) is 0. The SMILES string of the molecule is CCONC(=O)c1c(OCC)cccc1[N+](=O)[O-]. The zero-order valence-corrected chi connectivity index (χ0v) is 10.1. The number of carbonyl (C=O) groups is 1. The van der Waals surface area contributed by atoms with Gasteiger partial charge in [0.05, 0.1) is 18.1 Å². The van der Waals surface area contributed by atoms with Gasteiger partial charge in [0.25, 0.3) is 11.6 Å². The van der Waals surface area contributed by atoms with E-state index in [1.165, 1.54) is 18.2 Å². The third-order valence-electron chi connectivity index (χ3n) is 2.04. The number of nitro benzene ring substituents is 1. The van der Waals surface area contributed by atoms with Crippen LogP contribution in [0, 0.1) is 10.1 Å². The lowest BCUT2D eigenvalue weighted by molar-refractivity contribution is -0.385. The largest absolute Gasteiger partial charge is 0.493 e. The Morgan fingerprint density at radius 3 is 2.67 bits per heavy atom. The molecule has 0 saturated carbocycles. The van der Waals surface area contributed by atoms with Crippen molar-refractivity contribution in [2.24, 2.45) is 0 Å². The molecule has 7 nitrogen and oxygen atoms in total. The minimum absolute atomic E-state index is 0.141. The maximum absolute atomic E-state index is 11.8. The van der Waals surface area contributed by atoms with E-state index in [2.05, 4.69) is 5.48 Å². The lowest BCUT2D eigenvalue weighted by atomic mass is 10.1. The normalized spacial score (nSPS) is 9.89. The second kappa shape index (κ2) is 6.55. The topological polar surface area (TPSA) is 90.7 Å². The zero-order chi connectivity index (χ0) is 13.5. The maximum atomic E-state index is 11.8. The summed E-state index contributed by atoms with van der Waals surface area (Å²) in [5, 5.41) is 10.9. The first kappa shape index (κ1) is 13.9. The molecule has 0 spiro atoms. The summed E-state index contributed by atoms with van der Waals surface area (Å²) in [6.45, 7) is 3.97. The van der Waals surface area contributed by atoms with E-state index < -0.39 is 10.8 Å². The molecule has 7 heteroatoms. The van der Waals surface area contributed by atoms with Crippen LogP contribution in [0.4, 0.5) is 5.69 Å². The molecule has 0 aromatic heterocycles. The molecule has 1 aromatic carbocycles. The summed E-state index contributed by atoms with van der Waals surface area (Å²) < 4.78 is 5.21. The summed E-state index contributed by atoms with van der Waals surface area (Å²) in [5.41, 5.74) is 1.66. The van der Waals surface area contributed by atoms with Crippen LogP contribution in [0.25, 0.3) is 0 Å². The molecule has 0 heterocycles. The monoisotopic (exact) mass is 254 g/mol. The van der Waals surface area contributed by atoms with Crippen LogP contribution >= 0.6 is 0 Å². The van der Waals surface area contributed by atoms with Crippen LogP contribution in [0.3, 0.4) is 0 Å². The number of nitro groups is 1. The molecule has 0 bridgehead atoms. The molecule has 0 fully saturated rings. The highest BCUT2D eigenvalue weighted by Gasteiger charge is 2.25. The lowest BCUT2D eigenvalue weighted by Gasteiger charge is -2.10. The first-order chi connectivity index (χ1) is 8.61. The Hall–Kier alpha value is -2.15.